The fraction of sp³-hybridized carbons (Fsp3) is 0.154. The van der Waals surface area contributed by atoms with Crippen molar-refractivity contribution >= 4 is 22.9 Å². The number of rotatable bonds is 4. The molecule has 0 bridgehead atoms. The minimum Gasteiger partial charge on any atom is -0.369 e. The van der Waals surface area contributed by atoms with E-state index in [-0.39, 0.29) is 5.91 Å². The average molecular weight is 246 g/mol. The smallest absolute Gasteiger partial charge is 0.245 e. The molecule has 0 spiro atoms. The monoisotopic (exact) mass is 246 g/mol. The van der Waals surface area contributed by atoms with Crippen LogP contribution in [-0.2, 0) is 4.79 Å². The van der Waals surface area contributed by atoms with Gasteiger partial charge in [-0.15, -0.1) is 11.3 Å². The molecule has 2 rings (SSSR count). The highest BCUT2D eigenvalue weighted by Crippen LogP contribution is 2.23. The van der Waals surface area contributed by atoms with Gasteiger partial charge in [-0.05, 0) is 30.5 Å². The number of hydrogen-bond acceptors (Lipinski definition) is 3. The van der Waals surface area contributed by atoms with E-state index in [9.17, 15) is 4.79 Å². The van der Waals surface area contributed by atoms with Crippen LogP contribution in [-0.4, -0.2) is 5.91 Å². The van der Waals surface area contributed by atoms with Crippen LogP contribution in [0.3, 0.4) is 0 Å². The molecule has 3 N–H and O–H groups in total. The molecule has 0 saturated heterocycles. The van der Waals surface area contributed by atoms with Gasteiger partial charge in [0.15, 0.2) is 0 Å². The molecule has 0 saturated carbocycles. The van der Waals surface area contributed by atoms with Crippen LogP contribution < -0.4 is 11.1 Å². The van der Waals surface area contributed by atoms with Crippen molar-refractivity contribution in [3.8, 4) is 0 Å². The molecule has 0 aliphatic rings. The summed E-state index contributed by atoms with van der Waals surface area (Å²) in [5, 5.41) is 5.08. The number of carbonyl (C=O) groups is 1. The number of hydrogen-bond donors (Lipinski definition) is 2. The van der Waals surface area contributed by atoms with Gasteiger partial charge in [0, 0.05) is 10.6 Å². The molecule has 1 unspecified atom stereocenters. The lowest BCUT2D eigenvalue weighted by atomic mass is 10.2. The van der Waals surface area contributed by atoms with Crippen LogP contribution in [0.15, 0.2) is 41.8 Å². The predicted octanol–water partition coefficient (Wildman–Crippen LogP) is 2.70. The van der Waals surface area contributed by atoms with Crippen LogP contribution in [0.1, 0.15) is 16.5 Å². The molecule has 0 aliphatic carbocycles. The standard InChI is InChI=1S/C13H14N2OS/c1-9-4-6-10(7-5-9)15-12(13(14)16)11-3-2-8-17-11/h2-8,12,15H,1H3,(H2,14,16). The van der Waals surface area contributed by atoms with Crippen LogP contribution in [0.25, 0.3) is 0 Å². The first kappa shape index (κ1) is 11.7. The fourth-order valence-electron chi connectivity index (χ4n) is 1.55. The quantitative estimate of drug-likeness (QED) is 0.871. The topological polar surface area (TPSA) is 55.1 Å². The van der Waals surface area contributed by atoms with Gasteiger partial charge in [0.2, 0.25) is 5.91 Å². The number of amides is 1. The van der Waals surface area contributed by atoms with Gasteiger partial charge >= 0.3 is 0 Å². The van der Waals surface area contributed by atoms with Gasteiger partial charge in [0.25, 0.3) is 0 Å². The van der Waals surface area contributed by atoms with E-state index in [0.717, 1.165) is 10.6 Å². The zero-order valence-corrected chi connectivity index (χ0v) is 10.3. The number of carbonyl (C=O) groups excluding carboxylic acids is 1. The maximum absolute atomic E-state index is 11.4. The zero-order chi connectivity index (χ0) is 12.3. The highest BCUT2D eigenvalue weighted by molar-refractivity contribution is 7.10. The largest absolute Gasteiger partial charge is 0.369 e. The Balaban J connectivity index is 2.19. The third-order valence-electron chi connectivity index (χ3n) is 2.47. The summed E-state index contributed by atoms with van der Waals surface area (Å²) in [7, 11) is 0. The Labute approximate surface area is 104 Å². The molecule has 2 aromatic rings. The predicted molar refractivity (Wildman–Crippen MR) is 71.1 cm³/mol. The molecule has 0 fully saturated rings. The second-order valence-electron chi connectivity index (χ2n) is 3.86. The summed E-state index contributed by atoms with van der Waals surface area (Å²) in [4.78, 5) is 12.4. The van der Waals surface area contributed by atoms with Gasteiger partial charge in [-0.25, -0.2) is 0 Å². The number of thiophene rings is 1. The van der Waals surface area contributed by atoms with Crippen molar-refractivity contribution in [3.63, 3.8) is 0 Å². The van der Waals surface area contributed by atoms with Crippen LogP contribution in [0.5, 0.6) is 0 Å². The Hall–Kier alpha value is -1.81. The molecule has 1 atom stereocenters. The molecule has 3 nitrogen and oxygen atoms in total. The molecular formula is C13H14N2OS. The van der Waals surface area contributed by atoms with Crippen LogP contribution >= 0.6 is 11.3 Å². The Morgan fingerprint density at radius 3 is 2.53 bits per heavy atom. The number of benzene rings is 1. The Morgan fingerprint density at radius 1 is 1.29 bits per heavy atom. The van der Waals surface area contributed by atoms with Crippen molar-refractivity contribution in [3.05, 3.63) is 52.2 Å². The number of anilines is 1. The molecule has 0 aliphatic heterocycles. The summed E-state index contributed by atoms with van der Waals surface area (Å²) in [6, 6.07) is 11.2. The molecule has 4 heteroatoms. The number of primary amides is 1. The fourth-order valence-corrected chi connectivity index (χ4v) is 2.34. The highest BCUT2D eigenvalue weighted by atomic mass is 32.1. The van der Waals surface area contributed by atoms with Gasteiger partial charge in [-0.2, -0.15) is 0 Å². The third-order valence-corrected chi connectivity index (χ3v) is 3.41. The lowest BCUT2D eigenvalue weighted by Crippen LogP contribution is -2.26. The second kappa shape index (κ2) is 5.01. The average Bonchev–Trinajstić information content (AvgIpc) is 2.81. The van der Waals surface area contributed by atoms with Gasteiger partial charge in [-0.1, -0.05) is 23.8 Å². The second-order valence-corrected chi connectivity index (χ2v) is 4.84. The maximum Gasteiger partial charge on any atom is 0.245 e. The number of nitrogens with two attached hydrogens (primary N) is 1. The Kier molecular flexibility index (Phi) is 3.44. The SMILES string of the molecule is Cc1ccc(NC(C(N)=O)c2cccs2)cc1. The number of nitrogens with one attached hydrogen (secondary N) is 1. The molecule has 0 radical (unpaired) electrons. The third kappa shape index (κ3) is 2.85. The minimum atomic E-state index is -0.460. The van der Waals surface area contributed by atoms with Crippen molar-refractivity contribution in [1.29, 1.82) is 0 Å². The molecule has 88 valence electrons. The van der Waals surface area contributed by atoms with Crippen molar-refractivity contribution in [2.75, 3.05) is 5.32 Å². The van der Waals surface area contributed by atoms with Crippen LogP contribution in [0.2, 0.25) is 0 Å². The first-order valence-corrected chi connectivity index (χ1v) is 6.21. The van der Waals surface area contributed by atoms with Gasteiger partial charge in [-0.3, -0.25) is 4.79 Å². The zero-order valence-electron chi connectivity index (χ0n) is 9.51. The van der Waals surface area contributed by atoms with E-state index in [4.69, 9.17) is 5.73 Å². The summed E-state index contributed by atoms with van der Waals surface area (Å²) in [6.45, 7) is 2.02. The van der Waals surface area contributed by atoms with E-state index in [2.05, 4.69) is 5.32 Å². The van der Waals surface area contributed by atoms with Crippen molar-refractivity contribution in [2.24, 2.45) is 5.73 Å². The first-order chi connectivity index (χ1) is 8.16. The molecular weight excluding hydrogens is 232 g/mol. The van der Waals surface area contributed by atoms with Crippen molar-refractivity contribution in [1.82, 2.24) is 0 Å². The summed E-state index contributed by atoms with van der Waals surface area (Å²) in [5.74, 6) is -0.368. The van der Waals surface area contributed by atoms with Crippen LogP contribution in [0, 0.1) is 6.92 Å². The van der Waals surface area contributed by atoms with Crippen LogP contribution in [0.4, 0.5) is 5.69 Å². The molecule has 17 heavy (non-hydrogen) atoms. The lowest BCUT2D eigenvalue weighted by Gasteiger charge is -2.15. The van der Waals surface area contributed by atoms with E-state index >= 15 is 0 Å². The lowest BCUT2D eigenvalue weighted by molar-refractivity contribution is -0.118. The summed E-state index contributed by atoms with van der Waals surface area (Å²) >= 11 is 1.52. The Bertz CT molecular complexity index is 491. The van der Waals surface area contributed by atoms with E-state index < -0.39 is 6.04 Å². The molecule has 1 heterocycles. The van der Waals surface area contributed by atoms with E-state index in [1.54, 1.807) is 0 Å². The molecule has 1 aromatic heterocycles. The normalized spacial score (nSPS) is 12.1. The molecule has 1 amide bonds. The minimum absolute atomic E-state index is 0.368. The highest BCUT2D eigenvalue weighted by Gasteiger charge is 2.18. The Morgan fingerprint density at radius 2 is 2.00 bits per heavy atom. The van der Waals surface area contributed by atoms with Crippen molar-refractivity contribution < 1.29 is 4.79 Å². The van der Waals surface area contributed by atoms with Gasteiger partial charge in [0.1, 0.15) is 6.04 Å². The van der Waals surface area contributed by atoms with Gasteiger partial charge < -0.3 is 11.1 Å². The van der Waals surface area contributed by atoms with Gasteiger partial charge in [0.05, 0.1) is 0 Å². The van der Waals surface area contributed by atoms with E-state index in [1.165, 1.54) is 16.9 Å². The first-order valence-electron chi connectivity index (χ1n) is 5.33. The maximum atomic E-state index is 11.4. The summed E-state index contributed by atoms with van der Waals surface area (Å²) in [6.07, 6.45) is 0. The van der Waals surface area contributed by atoms with E-state index in [0.29, 0.717) is 0 Å². The summed E-state index contributed by atoms with van der Waals surface area (Å²) < 4.78 is 0. The summed E-state index contributed by atoms with van der Waals surface area (Å²) in [5.41, 5.74) is 7.49. The van der Waals surface area contributed by atoms with Crippen molar-refractivity contribution in [2.45, 2.75) is 13.0 Å². The molecule has 1 aromatic carbocycles. The van der Waals surface area contributed by atoms with E-state index in [1.807, 2.05) is 48.7 Å². The number of aryl methyl sites for hydroxylation is 1.